The molecule has 0 bridgehead atoms. The van der Waals surface area contributed by atoms with E-state index in [-0.39, 0.29) is 12.6 Å². The molecule has 100 valence electrons. The first-order chi connectivity index (χ1) is 8.72. The lowest BCUT2D eigenvalue weighted by Gasteiger charge is -2.07. The van der Waals surface area contributed by atoms with E-state index in [9.17, 15) is 4.79 Å². The van der Waals surface area contributed by atoms with Gasteiger partial charge in [-0.05, 0) is 31.2 Å². The average molecular weight is 253 g/mol. The highest BCUT2D eigenvalue weighted by Crippen LogP contribution is 2.12. The van der Waals surface area contributed by atoms with Crippen LogP contribution < -0.4 is 10.5 Å². The second-order valence-corrected chi connectivity index (χ2v) is 3.63. The monoisotopic (exact) mass is 253 g/mol. The minimum atomic E-state index is -0.386. The zero-order chi connectivity index (χ0) is 13.2. The molecule has 0 aromatic heterocycles. The van der Waals surface area contributed by atoms with E-state index in [0.717, 1.165) is 0 Å². The second kappa shape index (κ2) is 8.36. The van der Waals surface area contributed by atoms with E-state index < -0.39 is 0 Å². The molecule has 1 rings (SSSR count). The van der Waals surface area contributed by atoms with Crippen LogP contribution in [0.4, 0.5) is 5.69 Å². The Morgan fingerprint density at radius 1 is 1.22 bits per heavy atom. The fourth-order valence-electron chi connectivity index (χ4n) is 1.24. The fourth-order valence-corrected chi connectivity index (χ4v) is 1.24. The van der Waals surface area contributed by atoms with E-state index >= 15 is 0 Å². The molecule has 2 N–H and O–H groups in total. The van der Waals surface area contributed by atoms with Crippen LogP contribution in [-0.2, 0) is 14.3 Å². The van der Waals surface area contributed by atoms with E-state index in [1.165, 1.54) is 0 Å². The molecule has 0 unspecified atom stereocenters. The first-order valence-electron chi connectivity index (χ1n) is 5.94. The molecule has 0 aliphatic rings. The van der Waals surface area contributed by atoms with Gasteiger partial charge in [-0.3, -0.25) is 0 Å². The van der Waals surface area contributed by atoms with Gasteiger partial charge in [-0.2, -0.15) is 0 Å². The first-order valence-corrected chi connectivity index (χ1v) is 5.94. The Morgan fingerprint density at radius 2 is 1.94 bits per heavy atom. The van der Waals surface area contributed by atoms with Crippen molar-refractivity contribution < 1.29 is 19.0 Å². The van der Waals surface area contributed by atoms with Gasteiger partial charge in [-0.25, -0.2) is 4.79 Å². The summed E-state index contributed by atoms with van der Waals surface area (Å²) >= 11 is 0. The molecule has 0 saturated carbocycles. The number of esters is 1. The van der Waals surface area contributed by atoms with E-state index in [4.69, 9.17) is 19.9 Å². The minimum Gasteiger partial charge on any atom is -0.482 e. The molecule has 0 fully saturated rings. The lowest BCUT2D eigenvalue weighted by molar-refractivity contribution is -0.146. The molecular formula is C13H19NO4. The number of ether oxygens (including phenoxy) is 3. The van der Waals surface area contributed by atoms with Gasteiger partial charge < -0.3 is 19.9 Å². The molecule has 0 aliphatic carbocycles. The molecule has 0 amide bonds. The summed E-state index contributed by atoms with van der Waals surface area (Å²) in [7, 11) is 0. The van der Waals surface area contributed by atoms with Crippen molar-refractivity contribution in [2.75, 3.05) is 32.2 Å². The second-order valence-electron chi connectivity index (χ2n) is 3.63. The molecule has 0 radical (unpaired) electrons. The number of nitrogen functional groups attached to an aromatic ring is 1. The van der Waals surface area contributed by atoms with Crippen molar-refractivity contribution in [1.29, 1.82) is 0 Å². The van der Waals surface area contributed by atoms with Gasteiger partial charge in [0.2, 0.25) is 0 Å². The van der Waals surface area contributed by atoms with Crippen LogP contribution in [0, 0.1) is 0 Å². The molecule has 5 nitrogen and oxygen atoms in total. The van der Waals surface area contributed by atoms with Gasteiger partial charge in [-0.15, -0.1) is 0 Å². The molecule has 5 heteroatoms. The van der Waals surface area contributed by atoms with Crippen LogP contribution in [-0.4, -0.2) is 32.4 Å². The van der Waals surface area contributed by atoms with E-state index in [1.807, 2.05) is 6.92 Å². The summed E-state index contributed by atoms with van der Waals surface area (Å²) in [4.78, 5) is 11.3. The number of hydrogen-bond donors (Lipinski definition) is 1. The zero-order valence-electron chi connectivity index (χ0n) is 10.6. The summed E-state index contributed by atoms with van der Waals surface area (Å²) in [5, 5.41) is 0. The number of anilines is 1. The van der Waals surface area contributed by atoms with Crippen molar-refractivity contribution >= 4 is 11.7 Å². The van der Waals surface area contributed by atoms with Crippen molar-refractivity contribution in [2.45, 2.75) is 13.3 Å². The highest BCUT2D eigenvalue weighted by Gasteiger charge is 2.03. The van der Waals surface area contributed by atoms with Crippen LogP contribution in [0.15, 0.2) is 24.3 Å². The van der Waals surface area contributed by atoms with Gasteiger partial charge in [0, 0.05) is 25.3 Å². The van der Waals surface area contributed by atoms with Gasteiger partial charge in [0.1, 0.15) is 5.75 Å². The molecule has 0 spiro atoms. The Hall–Kier alpha value is -1.75. The lowest BCUT2D eigenvalue weighted by Crippen LogP contribution is -2.16. The van der Waals surface area contributed by atoms with E-state index in [2.05, 4.69) is 0 Å². The Kier molecular flexibility index (Phi) is 6.64. The van der Waals surface area contributed by atoms with Crippen LogP contribution in [0.3, 0.4) is 0 Å². The van der Waals surface area contributed by atoms with E-state index in [1.54, 1.807) is 24.3 Å². The van der Waals surface area contributed by atoms with Crippen LogP contribution in [0.2, 0.25) is 0 Å². The molecule has 0 saturated heterocycles. The molecular weight excluding hydrogens is 234 g/mol. The minimum absolute atomic E-state index is 0.0987. The molecule has 1 aromatic carbocycles. The summed E-state index contributed by atoms with van der Waals surface area (Å²) in [5.41, 5.74) is 6.18. The predicted octanol–water partition coefficient (Wildman–Crippen LogP) is 1.62. The van der Waals surface area contributed by atoms with Crippen molar-refractivity contribution in [3.8, 4) is 5.75 Å². The third-order valence-electron chi connectivity index (χ3n) is 2.14. The molecule has 18 heavy (non-hydrogen) atoms. The van der Waals surface area contributed by atoms with E-state index in [0.29, 0.717) is 37.7 Å². The molecule has 0 aliphatic heterocycles. The van der Waals surface area contributed by atoms with Gasteiger partial charge in [0.25, 0.3) is 0 Å². The van der Waals surface area contributed by atoms with Gasteiger partial charge in [0.05, 0.1) is 6.61 Å². The van der Waals surface area contributed by atoms with Crippen molar-refractivity contribution in [1.82, 2.24) is 0 Å². The van der Waals surface area contributed by atoms with Crippen LogP contribution in [0.25, 0.3) is 0 Å². The maximum Gasteiger partial charge on any atom is 0.344 e. The lowest BCUT2D eigenvalue weighted by atomic mass is 10.3. The number of rotatable bonds is 8. The maximum atomic E-state index is 11.3. The third kappa shape index (κ3) is 6.10. The summed E-state index contributed by atoms with van der Waals surface area (Å²) in [6.45, 7) is 3.45. The first kappa shape index (κ1) is 14.3. The molecule has 1 aromatic rings. The van der Waals surface area contributed by atoms with Crippen molar-refractivity contribution in [3.05, 3.63) is 24.3 Å². The Bertz CT molecular complexity index is 351. The summed E-state index contributed by atoms with van der Waals surface area (Å²) in [5.74, 6) is 0.207. The number of carbonyl (C=O) groups is 1. The standard InChI is InChI=1S/C13H19NO4/c1-2-16-8-3-9-17-13(15)10-18-12-6-4-11(14)5-7-12/h4-7H,2-3,8-10,14H2,1H3. The zero-order valence-corrected chi connectivity index (χ0v) is 10.6. The summed E-state index contributed by atoms with van der Waals surface area (Å²) in [6, 6.07) is 6.83. The predicted molar refractivity (Wildman–Crippen MR) is 68.4 cm³/mol. The fraction of sp³-hybridized carbons (Fsp3) is 0.462. The van der Waals surface area contributed by atoms with Crippen molar-refractivity contribution in [2.24, 2.45) is 0 Å². The normalized spacial score (nSPS) is 10.1. The van der Waals surface area contributed by atoms with Gasteiger partial charge in [-0.1, -0.05) is 0 Å². The van der Waals surface area contributed by atoms with Crippen LogP contribution >= 0.6 is 0 Å². The maximum absolute atomic E-state index is 11.3. The highest BCUT2D eigenvalue weighted by molar-refractivity contribution is 5.71. The third-order valence-corrected chi connectivity index (χ3v) is 2.14. The molecule has 0 atom stereocenters. The topological polar surface area (TPSA) is 70.8 Å². The Morgan fingerprint density at radius 3 is 2.61 bits per heavy atom. The van der Waals surface area contributed by atoms with Gasteiger partial charge >= 0.3 is 5.97 Å². The van der Waals surface area contributed by atoms with Crippen molar-refractivity contribution in [3.63, 3.8) is 0 Å². The highest BCUT2D eigenvalue weighted by atomic mass is 16.6. The summed E-state index contributed by atoms with van der Waals surface area (Å²) < 4.78 is 15.3. The molecule has 0 heterocycles. The van der Waals surface area contributed by atoms with Crippen LogP contribution in [0.1, 0.15) is 13.3 Å². The number of hydrogen-bond acceptors (Lipinski definition) is 5. The summed E-state index contributed by atoms with van der Waals surface area (Å²) in [6.07, 6.45) is 0.696. The SMILES string of the molecule is CCOCCCOC(=O)COc1ccc(N)cc1. The number of carbonyl (C=O) groups excluding carboxylic acids is 1. The van der Waals surface area contributed by atoms with Crippen LogP contribution in [0.5, 0.6) is 5.75 Å². The Balaban J connectivity index is 2.11. The number of benzene rings is 1. The van der Waals surface area contributed by atoms with Gasteiger partial charge in [0.15, 0.2) is 6.61 Å². The Labute approximate surface area is 107 Å². The smallest absolute Gasteiger partial charge is 0.344 e. The number of nitrogens with two attached hydrogens (primary N) is 1. The average Bonchev–Trinajstić information content (AvgIpc) is 2.38. The quantitative estimate of drug-likeness (QED) is 0.433. The largest absolute Gasteiger partial charge is 0.482 e.